The molecular formula is C8H17N3O6. The van der Waals surface area contributed by atoms with Crippen LogP contribution >= 0.6 is 0 Å². The summed E-state index contributed by atoms with van der Waals surface area (Å²) in [5, 5.41) is 48.9. The summed E-state index contributed by atoms with van der Waals surface area (Å²) in [6.45, 7) is -0.528. The summed E-state index contributed by atoms with van der Waals surface area (Å²) >= 11 is 0. The Morgan fingerprint density at radius 1 is 1.18 bits per heavy atom. The highest BCUT2D eigenvalue weighted by molar-refractivity contribution is 4.77. The molecule has 0 aromatic rings. The molecule has 5 N–H and O–H groups in total. The Bertz CT molecular complexity index is 247. The van der Waals surface area contributed by atoms with Crippen molar-refractivity contribution < 1.29 is 30.3 Å². The number of hydrogen-bond acceptors (Lipinski definition) is 7. The van der Waals surface area contributed by atoms with Crippen LogP contribution in [0, 0.1) is 0 Å². The molecule has 0 radical (unpaired) electrons. The topological polar surface area (TPSA) is 159 Å². The third-order valence-electron chi connectivity index (χ3n) is 2.00. The van der Waals surface area contributed by atoms with Crippen LogP contribution in [-0.2, 0) is 4.74 Å². The number of azide groups is 1. The van der Waals surface area contributed by atoms with E-state index in [2.05, 4.69) is 14.8 Å². The summed E-state index contributed by atoms with van der Waals surface area (Å²) in [7, 11) is 0. The van der Waals surface area contributed by atoms with Crippen LogP contribution in [-0.4, -0.2) is 69.9 Å². The number of hydrogen-bond donors (Lipinski definition) is 5. The Hall–Kier alpha value is -0.930. The van der Waals surface area contributed by atoms with Crippen LogP contribution in [0.15, 0.2) is 5.11 Å². The average molecular weight is 251 g/mol. The standard InChI is InChI=1S/C8H17N3O6/c9-11-10-2-4-17-8(16)7(15)6(14)5(13)1-3-12/h5-8,12-16H,1-4H2/t5-,6?,7?,8-/m1/s1. The van der Waals surface area contributed by atoms with Crippen LogP contribution in [0.5, 0.6) is 0 Å². The number of ether oxygens (including phenoxy) is 1. The van der Waals surface area contributed by atoms with Crippen molar-refractivity contribution in [3.8, 4) is 0 Å². The predicted octanol–water partition coefficient (Wildman–Crippen LogP) is -1.90. The van der Waals surface area contributed by atoms with E-state index >= 15 is 0 Å². The summed E-state index contributed by atoms with van der Waals surface area (Å²) < 4.78 is 4.66. The van der Waals surface area contributed by atoms with Gasteiger partial charge in [-0.2, -0.15) is 0 Å². The summed E-state index contributed by atoms with van der Waals surface area (Å²) in [6.07, 6.45) is -6.58. The molecule has 0 spiro atoms. The molecule has 0 aliphatic rings. The van der Waals surface area contributed by atoms with Gasteiger partial charge in [-0.25, -0.2) is 0 Å². The molecule has 0 saturated carbocycles. The highest BCUT2D eigenvalue weighted by Gasteiger charge is 2.30. The van der Waals surface area contributed by atoms with Gasteiger partial charge in [0.1, 0.15) is 12.2 Å². The molecule has 4 atom stereocenters. The highest BCUT2D eigenvalue weighted by atomic mass is 16.6. The predicted molar refractivity (Wildman–Crippen MR) is 55.7 cm³/mol. The zero-order chi connectivity index (χ0) is 13.3. The van der Waals surface area contributed by atoms with E-state index in [1.807, 2.05) is 0 Å². The molecule has 9 heteroatoms. The average Bonchev–Trinajstić information content (AvgIpc) is 2.32. The summed E-state index contributed by atoms with van der Waals surface area (Å²) in [5.41, 5.74) is 7.95. The van der Waals surface area contributed by atoms with E-state index in [0.717, 1.165) is 0 Å². The number of aliphatic hydroxyl groups is 5. The van der Waals surface area contributed by atoms with Crippen molar-refractivity contribution in [1.82, 2.24) is 0 Å². The second kappa shape index (κ2) is 9.14. The highest BCUT2D eigenvalue weighted by Crippen LogP contribution is 2.08. The van der Waals surface area contributed by atoms with Crippen LogP contribution in [0.1, 0.15) is 6.42 Å². The lowest BCUT2D eigenvalue weighted by Gasteiger charge is -2.25. The second-order valence-corrected chi connectivity index (χ2v) is 3.28. The first-order chi connectivity index (χ1) is 8.04. The van der Waals surface area contributed by atoms with Crippen molar-refractivity contribution in [1.29, 1.82) is 0 Å². The number of nitrogens with zero attached hydrogens (tertiary/aromatic N) is 3. The molecule has 0 aromatic carbocycles. The van der Waals surface area contributed by atoms with Crippen molar-refractivity contribution in [3.05, 3.63) is 10.4 Å². The molecule has 9 nitrogen and oxygen atoms in total. The lowest BCUT2D eigenvalue weighted by atomic mass is 10.1. The molecule has 17 heavy (non-hydrogen) atoms. The molecule has 0 heterocycles. The van der Waals surface area contributed by atoms with Gasteiger partial charge in [-0.3, -0.25) is 0 Å². The van der Waals surface area contributed by atoms with Gasteiger partial charge in [0.2, 0.25) is 0 Å². The summed E-state index contributed by atoms with van der Waals surface area (Å²) in [5.74, 6) is 0. The van der Waals surface area contributed by atoms with Gasteiger partial charge < -0.3 is 30.3 Å². The zero-order valence-corrected chi connectivity index (χ0v) is 9.12. The molecule has 0 aliphatic heterocycles. The third-order valence-corrected chi connectivity index (χ3v) is 2.00. The fraction of sp³-hybridized carbons (Fsp3) is 1.00. The van der Waals surface area contributed by atoms with Gasteiger partial charge in [0.05, 0.1) is 12.7 Å². The molecule has 0 saturated heterocycles. The lowest BCUT2D eigenvalue weighted by Crippen LogP contribution is -2.45. The Morgan fingerprint density at radius 2 is 1.82 bits per heavy atom. The van der Waals surface area contributed by atoms with E-state index in [4.69, 9.17) is 10.6 Å². The maximum Gasteiger partial charge on any atom is 0.183 e. The molecule has 100 valence electrons. The molecular weight excluding hydrogens is 234 g/mol. The normalized spacial score (nSPS) is 17.9. The number of aliphatic hydroxyl groups excluding tert-OH is 5. The quantitative estimate of drug-likeness (QED) is 0.106. The monoisotopic (exact) mass is 251 g/mol. The van der Waals surface area contributed by atoms with Crippen LogP contribution in [0.4, 0.5) is 0 Å². The minimum Gasteiger partial charge on any atom is -0.396 e. The fourth-order valence-corrected chi connectivity index (χ4v) is 1.06. The minimum atomic E-state index is -1.72. The van der Waals surface area contributed by atoms with Gasteiger partial charge in [-0.15, -0.1) is 0 Å². The van der Waals surface area contributed by atoms with Crippen LogP contribution < -0.4 is 0 Å². The van der Waals surface area contributed by atoms with Crippen molar-refractivity contribution in [2.75, 3.05) is 19.8 Å². The third kappa shape index (κ3) is 6.39. The van der Waals surface area contributed by atoms with Gasteiger partial charge in [0, 0.05) is 18.1 Å². The fourth-order valence-electron chi connectivity index (χ4n) is 1.06. The van der Waals surface area contributed by atoms with Crippen molar-refractivity contribution in [3.63, 3.8) is 0 Å². The van der Waals surface area contributed by atoms with Gasteiger partial charge in [0.25, 0.3) is 0 Å². The van der Waals surface area contributed by atoms with Crippen molar-refractivity contribution >= 4 is 0 Å². The molecule has 0 rings (SSSR count). The first-order valence-electron chi connectivity index (χ1n) is 5.00. The Labute approximate surface area is 97.5 Å². The smallest absolute Gasteiger partial charge is 0.183 e. The minimum absolute atomic E-state index is 0.0322. The van der Waals surface area contributed by atoms with E-state index in [9.17, 15) is 20.4 Å². The van der Waals surface area contributed by atoms with Gasteiger partial charge in [-0.1, -0.05) is 5.11 Å². The molecule has 0 aromatic heterocycles. The SMILES string of the molecule is [N-]=[N+]=NCCO[C@@H](O)C(O)C(O)[C@H](O)CCO. The van der Waals surface area contributed by atoms with E-state index < -0.39 is 24.6 Å². The van der Waals surface area contributed by atoms with E-state index in [0.29, 0.717) is 0 Å². The van der Waals surface area contributed by atoms with Crippen LogP contribution in [0.25, 0.3) is 10.4 Å². The molecule has 0 aliphatic carbocycles. The zero-order valence-electron chi connectivity index (χ0n) is 9.12. The molecule has 2 unspecified atom stereocenters. The van der Waals surface area contributed by atoms with Gasteiger partial charge in [-0.05, 0) is 12.0 Å². The Morgan fingerprint density at radius 3 is 2.35 bits per heavy atom. The largest absolute Gasteiger partial charge is 0.396 e. The first-order valence-corrected chi connectivity index (χ1v) is 5.00. The Kier molecular flexibility index (Phi) is 8.64. The van der Waals surface area contributed by atoms with Crippen LogP contribution in [0.3, 0.4) is 0 Å². The molecule has 0 bridgehead atoms. The molecule has 0 amide bonds. The van der Waals surface area contributed by atoms with Crippen LogP contribution in [0.2, 0.25) is 0 Å². The van der Waals surface area contributed by atoms with E-state index in [1.165, 1.54) is 0 Å². The summed E-state index contributed by atoms with van der Waals surface area (Å²) in [6, 6.07) is 0. The molecule has 0 fully saturated rings. The number of rotatable bonds is 9. The second-order valence-electron chi connectivity index (χ2n) is 3.28. The van der Waals surface area contributed by atoms with Crippen molar-refractivity contribution in [2.45, 2.75) is 31.0 Å². The maximum atomic E-state index is 9.37. The summed E-state index contributed by atoms with van der Waals surface area (Å²) in [4.78, 5) is 2.45. The van der Waals surface area contributed by atoms with Gasteiger partial charge in [0.15, 0.2) is 6.29 Å². The lowest BCUT2D eigenvalue weighted by molar-refractivity contribution is -0.201. The van der Waals surface area contributed by atoms with E-state index in [-0.39, 0.29) is 26.2 Å². The van der Waals surface area contributed by atoms with Gasteiger partial charge >= 0.3 is 0 Å². The Balaban J connectivity index is 4.00. The van der Waals surface area contributed by atoms with E-state index in [1.54, 1.807) is 0 Å². The maximum absolute atomic E-state index is 9.37. The van der Waals surface area contributed by atoms with Crippen molar-refractivity contribution in [2.24, 2.45) is 5.11 Å². The first kappa shape index (κ1) is 16.1.